The van der Waals surface area contributed by atoms with Crippen molar-refractivity contribution < 1.29 is 27.5 Å². The van der Waals surface area contributed by atoms with Gasteiger partial charge in [-0.1, -0.05) is 32.6 Å². The normalized spacial score (nSPS) is 18.8. The first-order valence-corrected chi connectivity index (χ1v) is 24.7. The van der Waals surface area contributed by atoms with Crippen molar-refractivity contribution in [1.29, 1.82) is 5.41 Å². The number of ether oxygens (including phenoxy) is 1. The maximum Gasteiger partial charge on any atom is 0.332 e. The van der Waals surface area contributed by atoms with Crippen molar-refractivity contribution in [3.05, 3.63) is 0 Å². The van der Waals surface area contributed by atoms with E-state index >= 15 is 0 Å². The first-order chi connectivity index (χ1) is 25.6. The quantitative estimate of drug-likeness (QED) is 0.0232. The van der Waals surface area contributed by atoms with E-state index in [1.165, 1.54) is 62.8 Å². The number of amidine groups is 1. The molecule has 0 aromatic rings. The number of nitrogens with zero attached hydrogens (tertiary/aromatic N) is 1. The number of thioether (sulfide) groups is 4. The fourth-order valence-corrected chi connectivity index (χ4v) is 9.72. The minimum Gasteiger partial charge on any atom is -0.451 e. The minimum absolute atomic E-state index is 0. The highest BCUT2D eigenvalue weighted by Crippen LogP contribution is 2.39. The molecule has 0 bridgehead atoms. The number of thiol groups is 1. The molecular weight excluding hydrogens is 763 g/mol. The number of methoxy groups -OCH3 is 1. The average Bonchev–Trinajstić information content (AvgIpc) is 3.14. The third kappa shape index (κ3) is 36.0. The van der Waals surface area contributed by atoms with Crippen LogP contribution in [0, 0.1) is 11.3 Å². The Morgan fingerprint density at radius 3 is 1.75 bits per heavy atom. The zero-order valence-electron chi connectivity index (χ0n) is 34.7. The largest absolute Gasteiger partial charge is 0.451 e. The van der Waals surface area contributed by atoms with E-state index in [0.29, 0.717) is 18.0 Å². The molecule has 2 aliphatic carbocycles. The highest BCUT2D eigenvalue weighted by atomic mass is 32.2. The molecule has 15 heteroatoms. The molecular formula is C38H83N7O3S5+2. The Morgan fingerprint density at radius 1 is 0.811 bits per heavy atom. The molecule has 2 fully saturated rings. The zero-order chi connectivity index (χ0) is 40.0. The SMILES string of the molecule is COC(=[NH2+])CCCCCCC(=N)CO.CSCCCC(=[NH2+])CCCCCCC(N)=NCCSC1CCC1C.NCCSC1CCC1SCCN.O.[2H]CS. The number of aliphatic hydroxyl groups excluding tert-OH is 1. The molecule has 2 aliphatic rings. The van der Waals surface area contributed by atoms with Crippen LogP contribution >= 0.6 is 59.7 Å². The van der Waals surface area contributed by atoms with Crippen molar-refractivity contribution in [3.8, 4) is 0 Å². The van der Waals surface area contributed by atoms with Gasteiger partial charge in [-0.3, -0.25) is 10.4 Å². The van der Waals surface area contributed by atoms with Crippen LogP contribution in [-0.2, 0) is 4.74 Å². The summed E-state index contributed by atoms with van der Waals surface area (Å²) in [5, 5.41) is 30.0. The molecule has 0 radical (unpaired) electrons. The van der Waals surface area contributed by atoms with E-state index in [-0.39, 0.29) is 18.3 Å². The van der Waals surface area contributed by atoms with Crippen LogP contribution < -0.4 is 28.0 Å². The Kier molecular flexibility index (Phi) is 44.6. The number of hydrogen-bond donors (Lipinski definition) is 8. The Hall–Kier alpha value is -0.130. The molecule has 0 aromatic carbocycles. The summed E-state index contributed by atoms with van der Waals surface area (Å²) in [7, 11) is 1.58. The van der Waals surface area contributed by atoms with Crippen LogP contribution in [0.4, 0.5) is 0 Å². The summed E-state index contributed by atoms with van der Waals surface area (Å²) >= 11 is 11.5. The van der Waals surface area contributed by atoms with Gasteiger partial charge in [0.2, 0.25) is 0 Å². The number of unbranched alkanes of at least 4 members (excludes halogenated alkanes) is 6. The summed E-state index contributed by atoms with van der Waals surface area (Å²) in [5.41, 5.74) is 18.5. The lowest BCUT2D eigenvalue weighted by Gasteiger charge is -2.35. The predicted molar refractivity (Wildman–Crippen MR) is 248 cm³/mol. The fourth-order valence-electron chi connectivity index (χ4n) is 5.37. The van der Waals surface area contributed by atoms with E-state index in [1.807, 2.05) is 35.3 Å². The van der Waals surface area contributed by atoms with Crippen LogP contribution in [0.25, 0.3) is 0 Å². The van der Waals surface area contributed by atoms with Crippen molar-refractivity contribution in [2.75, 3.05) is 68.8 Å². The number of nitrogens with two attached hydrogens (primary N) is 5. The number of aliphatic imine (C=N–C) groups is 1. The predicted octanol–water partition coefficient (Wildman–Crippen LogP) is 4.32. The topological polar surface area (TPSA) is 226 Å². The second-order valence-corrected chi connectivity index (χ2v) is 18.4. The van der Waals surface area contributed by atoms with Crippen LogP contribution in [0.3, 0.4) is 0 Å². The lowest BCUT2D eigenvalue weighted by molar-refractivity contribution is -0.140. The number of aliphatic hydroxyl groups is 1. The van der Waals surface area contributed by atoms with Crippen LogP contribution in [-0.4, -0.2) is 118 Å². The van der Waals surface area contributed by atoms with Gasteiger partial charge in [-0.2, -0.15) is 59.7 Å². The summed E-state index contributed by atoms with van der Waals surface area (Å²) in [6, 6.07) is 0. The fraction of sp³-hybridized carbons (Fsp3) is 0.895. The smallest absolute Gasteiger partial charge is 0.332 e. The molecule has 0 aliphatic heterocycles. The van der Waals surface area contributed by atoms with Gasteiger partial charge in [-0.25, -0.2) is 5.41 Å². The van der Waals surface area contributed by atoms with Crippen molar-refractivity contribution in [1.82, 2.24) is 0 Å². The van der Waals surface area contributed by atoms with E-state index in [2.05, 4.69) is 42.6 Å². The molecule has 0 spiro atoms. The van der Waals surface area contributed by atoms with Crippen molar-refractivity contribution in [2.45, 2.75) is 138 Å². The molecule has 0 heterocycles. The summed E-state index contributed by atoms with van der Waals surface area (Å²) in [6.07, 6.45) is 22.9. The Balaban J connectivity index is -0.000000739. The van der Waals surface area contributed by atoms with Crippen molar-refractivity contribution in [3.63, 3.8) is 0 Å². The second-order valence-electron chi connectivity index (χ2n) is 13.3. The molecule has 10 nitrogen and oxygen atoms in total. The van der Waals surface area contributed by atoms with Crippen LogP contribution in [0.1, 0.15) is 124 Å². The molecule has 2 saturated carbocycles. The van der Waals surface area contributed by atoms with Gasteiger partial charge in [0.1, 0.15) is 5.71 Å². The first-order valence-electron chi connectivity index (χ1n) is 20.2. The van der Waals surface area contributed by atoms with E-state index in [1.54, 1.807) is 7.11 Å². The highest BCUT2D eigenvalue weighted by molar-refractivity contribution is 8.04. The van der Waals surface area contributed by atoms with Crippen LogP contribution in [0.5, 0.6) is 0 Å². The molecule has 0 saturated heterocycles. The lowest BCUT2D eigenvalue weighted by Crippen LogP contribution is -2.40. The van der Waals surface area contributed by atoms with E-state index in [0.717, 1.165) is 122 Å². The highest BCUT2D eigenvalue weighted by Gasteiger charge is 2.30. The second kappa shape index (κ2) is 43.0. The van der Waals surface area contributed by atoms with Crippen LogP contribution in [0.15, 0.2) is 4.99 Å². The van der Waals surface area contributed by atoms with Gasteiger partial charge in [0.25, 0.3) is 0 Å². The minimum atomic E-state index is -0.107. The molecule has 14 N–H and O–H groups in total. The average molecular weight is 847 g/mol. The standard InChI is InChI=1S/C19H37N3S2.C10H20N2O2.C8H18N2S2.CH4S.H2O/c1-16-11-12-18(16)24-15-13-22-19(21)10-6-4-3-5-8-17(20)9-7-14-23-2;1-14-10(12)7-5-3-2-4-6-9(11)8-13;9-3-5-11-7-1-2-8(7)12-6-4-10;1-2;/h16,18,20H,3-15H2,1-2H3,(H2,21,22);11-13H,2-8H2,1H3;7-8H,1-6,9-10H2;2H,1H3;1H2/p+2/i;;;1D;. The Morgan fingerprint density at radius 2 is 1.30 bits per heavy atom. The molecule has 316 valence electrons. The number of hydrogen-bond acceptors (Lipinski definition) is 11. The molecule has 0 aromatic heterocycles. The lowest BCUT2D eigenvalue weighted by atomic mass is 9.87. The molecule has 53 heavy (non-hydrogen) atoms. The number of nitrogens with one attached hydrogen (secondary N) is 1. The molecule has 2 rings (SSSR count). The third-order valence-corrected chi connectivity index (χ3v) is 14.3. The monoisotopic (exact) mass is 847 g/mol. The van der Waals surface area contributed by atoms with Crippen molar-refractivity contribution >= 4 is 82.8 Å². The van der Waals surface area contributed by atoms with Crippen LogP contribution in [0.2, 0.25) is 0 Å². The first kappa shape index (κ1) is 55.0. The van der Waals surface area contributed by atoms with Crippen molar-refractivity contribution in [2.24, 2.45) is 28.1 Å². The maximum atomic E-state index is 8.58. The van der Waals surface area contributed by atoms with E-state index < -0.39 is 0 Å². The van der Waals surface area contributed by atoms with E-state index in [4.69, 9.17) is 44.6 Å². The molecule has 4 atom stereocenters. The van der Waals surface area contributed by atoms with E-state index in [9.17, 15) is 0 Å². The summed E-state index contributed by atoms with van der Waals surface area (Å²) in [4.78, 5) is 4.51. The number of rotatable bonds is 29. The summed E-state index contributed by atoms with van der Waals surface area (Å²) < 4.78 is 10.9. The van der Waals surface area contributed by atoms with Gasteiger partial charge in [-0.15, -0.1) is 0 Å². The summed E-state index contributed by atoms with van der Waals surface area (Å²) in [5.74, 6) is 6.93. The van der Waals surface area contributed by atoms with Gasteiger partial charge in [-0.05, 0) is 88.4 Å². The third-order valence-electron chi connectivity index (χ3n) is 8.96. The van der Waals surface area contributed by atoms with Gasteiger partial charge in [0, 0.05) is 79.0 Å². The Bertz CT molecular complexity index is 881. The van der Waals surface area contributed by atoms with Gasteiger partial charge < -0.3 is 37.9 Å². The van der Waals surface area contributed by atoms with Gasteiger partial charge in [0.15, 0.2) is 0 Å². The van der Waals surface area contributed by atoms with Gasteiger partial charge in [0.05, 0.1) is 26.0 Å². The molecule has 0 amide bonds. The van der Waals surface area contributed by atoms with Gasteiger partial charge >= 0.3 is 5.90 Å². The molecule has 4 unspecified atom stereocenters. The Labute approximate surface area is 349 Å². The summed E-state index contributed by atoms with van der Waals surface area (Å²) in [6.45, 7) is 4.77. The zero-order valence-corrected chi connectivity index (χ0v) is 37.8. The maximum absolute atomic E-state index is 8.58.